The highest BCUT2D eigenvalue weighted by Crippen LogP contribution is 2.26. The largest absolute Gasteiger partial charge is 0.457 e. The first kappa shape index (κ1) is 19.5. The second-order valence-corrected chi connectivity index (χ2v) is 7.96. The van der Waals surface area contributed by atoms with E-state index >= 15 is 0 Å². The highest BCUT2D eigenvalue weighted by Gasteiger charge is 2.26. The van der Waals surface area contributed by atoms with Gasteiger partial charge >= 0.3 is 5.56 Å². The van der Waals surface area contributed by atoms with Crippen LogP contribution in [0.15, 0.2) is 76.6 Å². The number of rotatable bonds is 6. The first-order valence-electron chi connectivity index (χ1n) is 8.61. The van der Waals surface area contributed by atoms with Crippen molar-refractivity contribution >= 4 is 15.7 Å². The highest BCUT2D eigenvalue weighted by atomic mass is 32.2. The Morgan fingerprint density at radius 3 is 2.14 bits per heavy atom. The predicted molar refractivity (Wildman–Crippen MR) is 106 cm³/mol. The molecule has 0 unspecified atom stereocenters. The number of aromatic nitrogens is 1. The van der Waals surface area contributed by atoms with Gasteiger partial charge in [0.05, 0.1) is 4.90 Å². The van der Waals surface area contributed by atoms with E-state index in [2.05, 4.69) is 0 Å². The van der Waals surface area contributed by atoms with Gasteiger partial charge in [-0.3, -0.25) is 9.10 Å². The van der Waals surface area contributed by atoms with Crippen LogP contribution in [0.3, 0.4) is 0 Å². The van der Waals surface area contributed by atoms with E-state index in [0.717, 1.165) is 16.1 Å². The third-order valence-electron chi connectivity index (χ3n) is 4.13. The van der Waals surface area contributed by atoms with Crippen LogP contribution in [-0.2, 0) is 10.0 Å². The van der Waals surface area contributed by atoms with E-state index in [9.17, 15) is 18.4 Å². The van der Waals surface area contributed by atoms with Gasteiger partial charge in [0.15, 0.2) is 0 Å². The molecule has 3 rings (SSSR count). The van der Waals surface area contributed by atoms with Gasteiger partial charge in [-0.15, -0.1) is 0 Å². The zero-order valence-electron chi connectivity index (χ0n) is 15.4. The molecule has 0 aliphatic carbocycles. The van der Waals surface area contributed by atoms with Crippen molar-refractivity contribution in [2.24, 2.45) is 0 Å². The summed E-state index contributed by atoms with van der Waals surface area (Å²) in [5.74, 6) is 1.13. The number of aryl methyl sites for hydroxylation is 1. The molecule has 1 heterocycles. The minimum Gasteiger partial charge on any atom is -0.457 e. The van der Waals surface area contributed by atoms with Crippen LogP contribution in [0, 0.1) is 6.92 Å². The van der Waals surface area contributed by atoms with Crippen LogP contribution in [0.2, 0.25) is 0 Å². The lowest BCUT2D eigenvalue weighted by Crippen LogP contribution is -2.36. The molecule has 0 atom stereocenters. The molecule has 0 bridgehead atoms. The molecule has 3 aromatic rings. The maximum Gasteiger partial charge on any atom is 0.307 e. The third-order valence-corrected chi connectivity index (χ3v) is 6.04. The molecule has 0 saturated carbocycles. The summed E-state index contributed by atoms with van der Waals surface area (Å²) in [5.41, 5.74) is 0.163. The standard InChI is InChI=1S/C20H20N2O5S/c1-3-22(19-5-4-14-21(24)20(19)23)28(25,26)18-12-10-17(11-13-18)27-16-8-6-15(2)7-9-16/h4-14,24H,3H2,1-2H3. The second-order valence-electron chi connectivity index (χ2n) is 6.10. The summed E-state index contributed by atoms with van der Waals surface area (Å²) in [6.45, 7) is 3.62. The van der Waals surface area contributed by atoms with E-state index in [1.807, 2.05) is 31.2 Å². The molecule has 0 fully saturated rings. The number of benzene rings is 2. The number of anilines is 1. The summed E-state index contributed by atoms with van der Waals surface area (Å²) >= 11 is 0. The van der Waals surface area contributed by atoms with Gasteiger partial charge in [0.25, 0.3) is 10.0 Å². The first-order valence-corrected chi connectivity index (χ1v) is 10.0. The smallest absolute Gasteiger partial charge is 0.307 e. The Labute approximate surface area is 163 Å². The lowest BCUT2D eigenvalue weighted by Gasteiger charge is -2.22. The SMILES string of the molecule is CCN(c1cccn(O)c1=O)S(=O)(=O)c1ccc(Oc2ccc(C)cc2)cc1. The van der Waals surface area contributed by atoms with Crippen molar-refractivity contribution in [3.8, 4) is 11.5 Å². The average Bonchev–Trinajstić information content (AvgIpc) is 2.68. The number of ether oxygens (including phenoxy) is 1. The molecule has 0 spiro atoms. The van der Waals surface area contributed by atoms with Crippen molar-refractivity contribution in [1.82, 2.24) is 4.73 Å². The topological polar surface area (TPSA) is 88.8 Å². The summed E-state index contributed by atoms with van der Waals surface area (Å²) < 4.78 is 33.0. The molecule has 0 aliphatic heterocycles. The molecule has 28 heavy (non-hydrogen) atoms. The van der Waals surface area contributed by atoms with Crippen LogP contribution in [0.4, 0.5) is 5.69 Å². The second kappa shape index (κ2) is 7.77. The summed E-state index contributed by atoms with van der Waals surface area (Å²) in [6, 6.07) is 16.2. The first-order chi connectivity index (χ1) is 13.3. The zero-order chi connectivity index (χ0) is 20.3. The van der Waals surface area contributed by atoms with Gasteiger partial charge in [0.1, 0.15) is 17.2 Å². The molecule has 146 valence electrons. The van der Waals surface area contributed by atoms with Gasteiger partial charge in [-0.2, -0.15) is 4.73 Å². The summed E-state index contributed by atoms with van der Waals surface area (Å²) in [6.07, 6.45) is 1.14. The van der Waals surface area contributed by atoms with Crippen molar-refractivity contribution in [3.63, 3.8) is 0 Å². The number of pyridine rings is 1. The van der Waals surface area contributed by atoms with Crippen molar-refractivity contribution in [2.45, 2.75) is 18.7 Å². The van der Waals surface area contributed by atoms with Gasteiger partial charge in [-0.05, 0) is 62.4 Å². The van der Waals surface area contributed by atoms with Crippen LogP contribution in [0.25, 0.3) is 0 Å². The fourth-order valence-electron chi connectivity index (χ4n) is 2.68. The van der Waals surface area contributed by atoms with Crippen molar-refractivity contribution < 1.29 is 18.4 Å². The Morgan fingerprint density at radius 2 is 1.57 bits per heavy atom. The number of nitrogens with zero attached hydrogens (tertiary/aromatic N) is 2. The molecule has 0 amide bonds. The Bertz CT molecular complexity index is 1120. The maximum absolute atomic E-state index is 13.0. The Balaban J connectivity index is 1.89. The molecular formula is C20H20N2O5S. The van der Waals surface area contributed by atoms with Gasteiger partial charge < -0.3 is 9.94 Å². The van der Waals surface area contributed by atoms with Gasteiger partial charge in [0.2, 0.25) is 0 Å². The molecule has 0 saturated heterocycles. The minimum atomic E-state index is -3.99. The van der Waals surface area contributed by atoms with Crippen LogP contribution in [0.1, 0.15) is 12.5 Å². The van der Waals surface area contributed by atoms with Gasteiger partial charge in [0, 0.05) is 12.7 Å². The van der Waals surface area contributed by atoms with E-state index in [4.69, 9.17) is 4.74 Å². The van der Waals surface area contributed by atoms with Crippen molar-refractivity contribution in [2.75, 3.05) is 10.8 Å². The third kappa shape index (κ3) is 3.86. The molecule has 8 heteroatoms. The Morgan fingerprint density at radius 1 is 1.00 bits per heavy atom. The maximum atomic E-state index is 13.0. The zero-order valence-corrected chi connectivity index (χ0v) is 16.3. The van der Waals surface area contributed by atoms with Crippen molar-refractivity contribution in [1.29, 1.82) is 0 Å². The predicted octanol–water partition coefficient (Wildman–Crippen LogP) is 3.40. The van der Waals surface area contributed by atoms with E-state index in [1.54, 1.807) is 19.1 Å². The number of hydrogen-bond acceptors (Lipinski definition) is 5. The van der Waals surface area contributed by atoms with E-state index in [1.165, 1.54) is 24.3 Å². The molecule has 1 N–H and O–H groups in total. The molecule has 7 nitrogen and oxygen atoms in total. The molecule has 0 radical (unpaired) electrons. The van der Waals surface area contributed by atoms with E-state index < -0.39 is 15.6 Å². The molecule has 0 aliphatic rings. The lowest BCUT2D eigenvalue weighted by molar-refractivity contribution is 0.175. The summed E-state index contributed by atoms with van der Waals surface area (Å²) in [5, 5.41) is 9.54. The van der Waals surface area contributed by atoms with Crippen molar-refractivity contribution in [3.05, 3.63) is 82.8 Å². The fourth-order valence-corrected chi connectivity index (χ4v) is 4.15. The Hall–Kier alpha value is -3.26. The fraction of sp³-hybridized carbons (Fsp3) is 0.150. The van der Waals surface area contributed by atoms with E-state index in [0.29, 0.717) is 16.2 Å². The van der Waals surface area contributed by atoms with Crippen LogP contribution in [-0.4, -0.2) is 24.9 Å². The molecule has 2 aromatic carbocycles. The summed E-state index contributed by atoms with van der Waals surface area (Å²) in [7, 11) is -3.99. The van der Waals surface area contributed by atoms with Crippen LogP contribution < -0.4 is 14.6 Å². The normalized spacial score (nSPS) is 11.2. The summed E-state index contributed by atoms with van der Waals surface area (Å²) in [4.78, 5) is 12.1. The number of hydrogen-bond donors (Lipinski definition) is 1. The van der Waals surface area contributed by atoms with Crippen LogP contribution >= 0.6 is 0 Å². The van der Waals surface area contributed by atoms with Crippen LogP contribution in [0.5, 0.6) is 11.5 Å². The monoisotopic (exact) mass is 400 g/mol. The minimum absolute atomic E-state index is 0.0124. The number of sulfonamides is 1. The molecular weight excluding hydrogens is 380 g/mol. The van der Waals surface area contributed by atoms with Gasteiger partial charge in [-0.25, -0.2) is 8.42 Å². The quantitative estimate of drug-likeness (QED) is 0.641. The Kier molecular flexibility index (Phi) is 5.41. The lowest BCUT2D eigenvalue weighted by atomic mass is 10.2. The molecule has 1 aromatic heterocycles. The van der Waals surface area contributed by atoms with Gasteiger partial charge in [-0.1, -0.05) is 17.7 Å². The highest BCUT2D eigenvalue weighted by molar-refractivity contribution is 7.92. The van der Waals surface area contributed by atoms with E-state index in [-0.39, 0.29) is 17.1 Å². The average molecular weight is 400 g/mol.